The van der Waals surface area contributed by atoms with Gasteiger partial charge in [-0.25, -0.2) is 0 Å². The van der Waals surface area contributed by atoms with Gasteiger partial charge in [0.1, 0.15) is 0 Å². The molecule has 1 aliphatic carbocycles. The summed E-state index contributed by atoms with van der Waals surface area (Å²) in [6, 6.07) is 8.06. The van der Waals surface area contributed by atoms with Crippen molar-refractivity contribution in [1.29, 1.82) is 0 Å². The molecule has 0 aromatic heterocycles. The highest BCUT2D eigenvalue weighted by atomic mass is 16.5. The van der Waals surface area contributed by atoms with Crippen LogP contribution in [0, 0.1) is 5.92 Å². The Labute approximate surface area is 149 Å². The van der Waals surface area contributed by atoms with Crippen LogP contribution in [0.5, 0.6) is 0 Å². The number of ether oxygens (including phenoxy) is 1. The number of likely N-dealkylation sites (tertiary alicyclic amines) is 1. The molecule has 1 saturated heterocycles. The lowest BCUT2D eigenvalue weighted by Crippen LogP contribution is -2.35. The first-order chi connectivity index (χ1) is 12.0. The van der Waals surface area contributed by atoms with Crippen LogP contribution in [0.2, 0.25) is 0 Å². The predicted octanol–water partition coefficient (Wildman–Crippen LogP) is 3.34. The van der Waals surface area contributed by atoms with Crippen LogP contribution in [-0.4, -0.2) is 35.4 Å². The number of amides is 2. The molecule has 0 radical (unpaired) electrons. The van der Waals surface area contributed by atoms with E-state index < -0.39 is 0 Å². The molecular weight excluding hydrogens is 316 g/mol. The Morgan fingerprint density at radius 1 is 1.32 bits per heavy atom. The van der Waals surface area contributed by atoms with Gasteiger partial charge in [0.15, 0.2) is 0 Å². The summed E-state index contributed by atoms with van der Waals surface area (Å²) in [5.41, 5.74) is 1.79. The van der Waals surface area contributed by atoms with Gasteiger partial charge in [0.05, 0.1) is 18.6 Å². The molecular formula is C20H28N2O3. The van der Waals surface area contributed by atoms with E-state index in [0.29, 0.717) is 25.6 Å². The Morgan fingerprint density at radius 3 is 2.80 bits per heavy atom. The summed E-state index contributed by atoms with van der Waals surface area (Å²) >= 11 is 0. The van der Waals surface area contributed by atoms with Crippen LogP contribution in [0.1, 0.15) is 51.5 Å². The van der Waals surface area contributed by atoms with Crippen molar-refractivity contribution in [1.82, 2.24) is 4.90 Å². The first-order valence-corrected chi connectivity index (χ1v) is 9.34. The minimum atomic E-state index is -0.247. The van der Waals surface area contributed by atoms with E-state index in [2.05, 4.69) is 5.32 Å². The molecule has 1 aromatic rings. The molecule has 5 heteroatoms. The zero-order valence-electron chi connectivity index (χ0n) is 15.2. The van der Waals surface area contributed by atoms with Crippen molar-refractivity contribution in [2.24, 2.45) is 5.92 Å². The average molecular weight is 344 g/mol. The summed E-state index contributed by atoms with van der Waals surface area (Å²) < 4.78 is 5.61. The molecule has 136 valence electrons. The van der Waals surface area contributed by atoms with Gasteiger partial charge in [-0.1, -0.05) is 25.0 Å². The van der Waals surface area contributed by atoms with E-state index in [1.54, 1.807) is 0 Å². The van der Waals surface area contributed by atoms with E-state index in [1.807, 2.05) is 43.0 Å². The fourth-order valence-electron chi connectivity index (χ4n) is 3.72. The maximum Gasteiger partial charge on any atom is 0.229 e. The second-order valence-corrected chi connectivity index (χ2v) is 7.43. The van der Waals surface area contributed by atoms with Crippen molar-refractivity contribution in [3.8, 4) is 0 Å². The third-order valence-electron chi connectivity index (χ3n) is 5.07. The molecule has 3 rings (SSSR count). The Hall–Kier alpha value is -1.88. The summed E-state index contributed by atoms with van der Waals surface area (Å²) in [6.45, 7) is 5.09. The van der Waals surface area contributed by atoms with E-state index in [1.165, 1.54) is 12.8 Å². The monoisotopic (exact) mass is 344 g/mol. The second kappa shape index (κ2) is 8.00. The number of nitrogens with one attached hydrogen (secondary N) is 1. The molecule has 1 aromatic carbocycles. The third kappa shape index (κ3) is 4.60. The van der Waals surface area contributed by atoms with Crippen LogP contribution in [0.4, 0.5) is 5.69 Å². The number of hydrogen-bond acceptors (Lipinski definition) is 3. The Bertz CT molecular complexity index is 623. The van der Waals surface area contributed by atoms with Gasteiger partial charge in [-0.15, -0.1) is 0 Å². The molecule has 25 heavy (non-hydrogen) atoms. The smallest absolute Gasteiger partial charge is 0.229 e. The highest BCUT2D eigenvalue weighted by molar-refractivity contribution is 5.97. The molecule has 1 aliphatic heterocycles. The van der Waals surface area contributed by atoms with Crippen molar-refractivity contribution in [2.75, 3.05) is 11.9 Å². The SMILES string of the molecule is CC(C)OCc1cccc(NC(=O)[C@H]2CC(=O)N(C3CCCC3)C2)c1. The first-order valence-electron chi connectivity index (χ1n) is 9.34. The Balaban J connectivity index is 1.57. The number of benzene rings is 1. The zero-order chi connectivity index (χ0) is 17.8. The number of rotatable bonds is 6. The minimum absolute atomic E-state index is 0.0595. The summed E-state index contributed by atoms with van der Waals surface area (Å²) in [4.78, 5) is 26.8. The molecule has 5 nitrogen and oxygen atoms in total. The van der Waals surface area contributed by atoms with Gasteiger partial charge in [0.2, 0.25) is 11.8 Å². The van der Waals surface area contributed by atoms with E-state index in [-0.39, 0.29) is 23.8 Å². The first kappa shape index (κ1) is 17.9. The van der Waals surface area contributed by atoms with Gasteiger partial charge < -0.3 is 15.0 Å². The summed E-state index contributed by atoms with van der Waals surface area (Å²) in [6.07, 6.45) is 5.05. The molecule has 1 saturated carbocycles. The topological polar surface area (TPSA) is 58.6 Å². The zero-order valence-corrected chi connectivity index (χ0v) is 15.2. The molecule has 2 fully saturated rings. The van der Waals surface area contributed by atoms with E-state index in [4.69, 9.17) is 4.74 Å². The van der Waals surface area contributed by atoms with Crippen molar-refractivity contribution < 1.29 is 14.3 Å². The molecule has 1 heterocycles. The average Bonchev–Trinajstić information content (AvgIpc) is 3.22. The normalized spacial score (nSPS) is 21.3. The lowest BCUT2D eigenvalue weighted by atomic mass is 10.1. The number of anilines is 1. The summed E-state index contributed by atoms with van der Waals surface area (Å²) in [5, 5.41) is 2.97. The molecule has 0 bridgehead atoms. The fourth-order valence-corrected chi connectivity index (χ4v) is 3.72. The Morgan fingerprint density at radius 2 is 2.08 bits per heavy atom. The summed E-state index contributed by atoms with van der Waals surface area (Å²) in [5.74, 6) is -0.175. The van der Waals surface area contributed by atoms with Crippen LogP contribution in [0.3, 0.4) is 0 Å². The van der Waals surface area contributed by atoms with Crippen LogP contribution in [-0.2, 0) is 20.9 Å². The molecule has 0 spiro atoms. The van der Waals surface area contributed by atoms with Crippen LogP contribution >= 0.6 is 0 Å². The van der Waals surface area contributed by atoms with Crippen molar-refractivity contribution in [3.05, 3.63) is 29.8 Å². The number of nitrogens with zero attached hydrogens (tertiary/aromatic N) is 1. The highest BCUT2D eigenvalue weighted by Crippen LogP contribution is 2.30. The highest BCUT2D eigenvalue weighted by Gasteiger charge is 2.38. The number of hydrogen-bond donors (Lipinski definition) is 1. The minimum Gasteiger partial charge on any atom is -0.374 e. The van der Waals surface area contributed by atoms with Crippen molar-refractivity contribution in [3.63, 3.8) is 0 Å². The molecule has 0 unspecified atom stereocenters. The molecule has 2 aliphatic rings. The van der Waals surface area contributed by atoms with E-state index in [0.717, 1.165) is 24.1 Å². The quantitative estimate of drug-likeness (QED) is 0.861. The molecule has 2 amide bonds. The van der Waals surface area contributed by atoms with Gasteiger partial charge >= 0.3 is 0 Å². The van der Waals surface area contributed by atoms with Gasteiger partial charge in [0.25, 0.3) is 0 Å². The van der Waals surface area contributed by atoms with Crippen LogP contribution in [0.25, 0.3) is 0 Å². The van der Waals surface area contributed by atoms with Gasteiger partial charge in [0, 0.05) is 24.7 Å². The molecule has 1 N–H and O–H groups in total. The fraction of sp³-hybridized carbons (Fsp3) is 0.600. The largest absolute Gasteiger partial charge is 0.374 e. The van der Waals surface area contributed by atoms with Gasteiger partial charge in [-0.2, -0.15) is 0 Å². The maximum atomic E-state index is 12.6. The maximum absolute atomic E-state index is 12.6. The predicted molar refractivity (Wildman–Crippen MR) is 97.1 cm³/mol. The van der Waals surface area contributed by atoms with Crippen LogP contribution < -0.4 is 5.32 Å². The lowest BCUT2D eigenvalue weighted by molar-refractivity contribution is -0.129. The van der Waals surface area contributed by atoms with Gasteiger partial charge in [-0.05, 0) is 44.4 Å². The van der Waals surface area contributed by atoms with Gasteiger partial charge in [-0.3, -0.25) is 9.59 Å². The van der Waals surface area contributed by atoms with E-state index in [9.17, 15) is 9.59 Å². The number of carbonyl (C=O) groups excluding carboxylic acids is 2. The third-order valence-corrected chi connectivity index (χ3v) is 5.07. The second-order valence-electron chi connectivity index (χ2n) is 7.43. The van der Waals surface area contributed by atoms with Crippen molar-refractivity contribution >= 4 is 17.5 Å². The lowest BCUT2D eigenvalue weighted by Gasteiger charge is -2.23. The Kier molecular flexibility index (Phi) is 5.74. The standard InChI is InChI=1S/C20H28N2O3/c1-14(2)25-13-15-6-5-7-17(10-15)21-20(24)16-11-19(23)22(12-16)18-8-3-4-9-18/h5-7,10,14,16,18H,3-4,8-9,11-13H2,1-2H3,(H,21,24)/t16-/m0/s1. The van der Waals surface area contributed by atoms with E-state index >= 15 is 0 Å². The molecule has 1 atom stereocenters. The number of carbonyl (C=O) groups is 2. The van der Waals surface area contributed by atoms with Crippen molar-refractivity contribution in [2.45, 2.75) is 64.7 Å². The van der Waals surface area contributed by atoms with Crippen LogP contribution in [0.15, 0.2) is 24.3 Å². The summed E-state index contributed by atoms with van der Waals surface area (Å²) in [7, 11) is 0.